The van der Waals surface area contributed by atoms with Crippen molar-refractivity contribution in [3.63, 3.8) is 0 Å². The van der Waals surface area contributed by atoms with Crippen LogP contribution in [0.4, 0.5) is 85.3 Å². The number of hydrogen-bond acceptors (Lipinski definition) is 5. The van der Waals surface area contributed by atoms with Gasteiger partial charge >= 0.3 is 0 Å². The largest absolute Gasteiger partial charge is 0.311 e. The highest BCUT2D eigenvalue weighted by atomic mass is 15.2. The molecule has 0 aliphatic carbocycles. The lowest BCUT2D eigenvalue weighted by atomic mass is 9.30. The molecule has 0 saturated carbocycles. The van der Waals surface area contributed by atoms with E-state index >= 15 is 0 Å². The van der Waals surface area contributed by atoms with Gasteiger partial charge in [0.05, 0.1) is 5.69 Å². The van der Waals surface area contributed by atoms with Gasteiger partial charge in [-0.15, -0.1) is 0 Å². The fourth-order valence-corrected chi connectivity index (χ4v) is 16.9. The smallest absolute Gasteiger partial charge is 0.252 e. The zero-order valence-corrected chi connectivity index (χ0v) is 54.1. The molecule has 0 radical (unpaired) electrons. The fraction of sp³-hybridized carbons (Fsp3) is 0. The molecule has 4 aliphatic heterocycles. The number of para-hydroxylation sites is 8. The molecule has 4 heterocycles. The van der Waals surface area contributed by atoms with Crippen molar-refractivity contribution >= 4 is 153 Å². The molecular formula is C92H61B2N5. The highest BCUT2D eigenvalue weighted by Gasteiger charge is 2.49. The average Bonchev–Trinajstić information content (AvgIpc) is 0.686. The van der Waals surface area contributed by atoms with Crippen molar-refractivity contribution in [2.24, 2.45) is 0 Å². The number of nitrogens with zero attached hydrogens (tertiary/aromatic N) is 5. The van der Waals surface area contributed by atoms with Gasteiger partial charge in [0.1, 0.15) is 0 Å². The highest BCUT2D eigenvalue weighted by Crippen LogP contribution is 2.52. The SMILES string of the molecule is c1ccc(-c2c3ccccc3c(-c3ccc(-c4cc5c6c(c4)N(c4ccccc4)c4cc7c(cc4B6c4ccccc4N5c4ccccc4)B4c5ccccc5N(c5ccccc5)c5cc(N(c6ccccc6)c6ccccc6)cc(c54)N7c4ccccc4)cc3)c3ccccc23)cc1. The summed E-state index contributed by atoms with van der Waals surface area (Å²) < 4.78 is 0. The summed E-state index contributed by atoms with van der Waals surface area (Å²) in [5.41, 5.74) is 31.5. The molecule has 0 N–H and O–H groups in total. The van der Waals surface area contributed by atoms with Crippen LogP contribution < -0.4 is 57.3 Å². The lowest BCUT2D eigenvalue weighted by molar-refractivity contribution is 1.22. The third-order valence-corrected chi connectivity index (χ3v) is 20.9. The molecule has 99 heavy (non-hydrogen) atoms. The van der Waals surface area contributed by atoms with Gasteiger partial charge < -0.3 is 24.5 Å². The molecule has 4 aliphatic rings. The molecule has 0 unspecified atom stereocenters. The quantitative estimate of drug-likeness (QED) is 0.0999. The van der Waals surface area contributed by atoms with Crippen molar-refractivity contribution < 1.29 is 0 Å². The van der Waals surface area contributed by atoms with Crippen LogP contribution in [0.1, 0.15) is 0 Å². The van der Waals surface area contributed by atoms with Gasteiger partial charge in [-0.05, 0) is 203 Å². The van der Waals surface area contributed by atoms with Gasteiger partial charge in [0, 0.05) is 79.6 Å². The monoisotopic (exact) mass is 1260 g/mol. The predicted molar refractivity (Wildman–Crippen MR) is 420 cm³/mol. The normalized spacial score (nSPS) is 12.9. The molecule has 5 nitrogen and oxygen atoms in total. The topological polar surface area (TPSA) is 16.2 Å². The standard InChI is InChI=1S/C92H61B2N5/c1-8-30-63(31-9-1)89-73-44-22-24-46-75(73)90(76-47-25-23-45-74(76)89)64-54-52-62(53-55-64)65-56-85-91-86(57-65)98(70-40-18-6-19-41-70)83-61-84-80(60-79(83)93(91)77-48-26-28-50-81(77)96(85)68-36-14-4-15-37-68)94-78-49-27-29-51-82(78)97(69-38-16-5-17-39-69)87-58-72(59-88(92(87)94)99(84)71-42-20-7-21-43-71)95(66-32-10-2-11-33-66)67-34-12-3-13-35-67/h1-61H. The minimum atomic E-state index is -0.156. The Hall–Kier alpha value is -12.8. The lowest BCUT2D eigenvalue weighted by Crippen LogP contribution is -2.65. The zero-order chi connectivity index (χ0) is 65.1. The van der Waals surface area contributed by atoms with E-state index in [0.29, 0.717) is 0 Å². The van der Waals surface area contributed by atoms with Gasteiger partial charge in [-0.2, -0.15) is 0 Å². The van der Waals surface area contributed by atoms with Gasteiger partial charge in [0.25, 0.3) is 13.4 Å². The summed E-state index contributed by atoms with van der Waals surface area (Å²) in [6, 6.07) is 137. The minimum absolute atomic E-state index is 0.151. The van der Waals surface area contributed by atoms with Crippen LogP contribution in [-0.4, -0.2) is 13.4 Å². The Morgan fingerprint density at radius 3 is 0.889 bits per heavy atom. The van der Waals surface area contributed by atoms with Crippen molar-refractivity contribution in [2.45, 2.75) is 0 Å². The van der Waals surface area contributed by atoms with E-state index in [2.05, 4.69) is 395 Å². The summed E-state index contributed by atoms with van der Waals surface area (Å²) >= 11 is 0. The maximum absolute atomic E-state index is 2.63. The van der Waals surface area contributed by atoms with E-state index in [1.807, 2.05) is 0 Å². The Morgan fingerprint density at radius 1 is 0.192 bits per heavy atom. The van der Waals surface area contributed by atoms with Gasteiger partial charge in [0.2, 0.25) is 0 Å². The van der Waals surface area contributed by atoms with E-state index in [4.69, 9.17) is 0 Å². The van der Waals surface area contributed by atoms with Gasteiger partial charge in [0.15, 0.2) is 0 Å². The van der Waals surface area contributed by atoms with Gasteiger partial charge in [-0.3, -0.25) is 0 Å². The molecule has 16 aromatic carbocycles. The lowest BCUT2D eigenvalue weighted by Gasteiger charge is -2.47. The molecule has 16 aromatic rings. The van der Waals surface area contributed by atoms with Crippen LogP contribution in [0.25, 0.3) is 54.9 Å². The molecule has 0 atom stereocenters. The van der Waals surface area contributed by atoms with Crippen LogP contribution in [0, 0.1) is 0 Å². The first-order valence-corrected chi connectivity index (χ1v) is 34.3. The molecule has 0 amide bonds. The van der Waals surface area contributed by atoms with E-state index in [-0.39, 0.29) is 13.4 Å². The Morgan fingerprint density at radius 2 is 0.495 bits per heavy atom. The molecule has 0 aromatic heterocycles. The third kappa shape index (κ3) is 8.91. The molecule has 0 bridgehead atoms. The molecule has 460 valence electrons. The first-order chi connectivity index (χ1) is 49.2. The maximum atomic E-state index is 2.63. The maximum Gasteiger partial charge on any atom is 0.252 e. The first-order valence-electron chi connectivity index (χ1n) is 34.3. The molecule has 0 fully saturated rings. The van der Waals surface area contributed by atoms with E-state index < -0.39 is 0 Å². The average molecular weight is 1260 g/mol. The first kappa shape index (κ1) is 56.5. The molecular weight excluding hydrogens is 1200 g/mol. The third-order valence-electron chi connectivity index (χ3n) is 20.9. The number of fused-ring (bicyclic) bond motifs is 10. The molecule has 7 heteroatoms. The summed E-state index contributed by atoms with van der Waals surface area (Å²) in [4.78, 5) is 12.6. The summed E-state index contributed by atoms with van der Waals surface area (Å²) in [5.74, 6) is 0. The van der Waals surface area contributed by atoms with Crippen LogP contribution in [0.5, 0.6) is 0 Å². The minimum Gasteiger partial charge on any atom is -0.311 e. The molecule has 20 rings (SSSR count). The zero-order valence-electron chi connectivity index (χ0n) is 54.1. The number of rotatable bonds is 10. The van der Waals surface area contributed by atoms with Crippen molar-refractivity contribution in [1.82, 2.24) is 0 Å². The van der Waals surface area contributed by atoms with Crippen molar-refractivity contribution in [3.05, 3.63) is 370 Å². The van der Waals surface area contributed by atoms with Gasteiger partial charge in [-0.25, -0.2) is 0 Å². The second kappa shape index (κ2) is 22.9. The van der Waals surface area contributed by atoms with E-state index in [9.17, 15) is 0 Å². The van der Waals surface area contributed by atoms with Crippen molar-refractivity contribution in [2.75, 3.05) is 24.5 Å². The van der Waals surface area contributed by atoms with E-state index in [1.165, 1.54) is 82.3 Å². The van der Waals surface area contributed by atoms with E-state index in [1.54, 1.807) is 0 Å². The Kier molecular flexibility index (Phi) is 13.1. The van der Waals surface area contributed by atoms with Crippen LogP contribution in [0.2, 0.25) is 0 Å². The summed E-state index contributed by atoms with van der Waals surface area (Å²) in [7, 11) is 0. The van der Waals surface area contributed by atoms with Crippen LogP contribution in [0.3, 0.4) is 0 Å². The van der Waals surface area contributed by atoms with E-state index in [0.717, 1.165) is 90.8 Å². The second-order valence-electron chi connectivity index (χ2n) is 26.3. The predicted octanol–water partition coefficient (Wildman–Crippen LogP) is 20.6. The number of benzene rings is 16. The van der Waals surface area contributed by atoms with Crippen LogP contribution in [-0.2, 0) is 0 Å². The highest BCUT2D eigenvalue weighted by molar-refractivity contribution is 7.03. The molecule has 0 saturated heterocycles. The summed E-state index contributed by atoms with van der Waals surface area (Å²) in [6.07, 6.45) is 0. The van der Waals surface area contributed by atoms with Crippen LogP contribution >= 0.6 is 0 Å². The fourth-order valence-electron chi connectivity index (χ4n) is 16.9. The number of hydrogen-bond donors (Lipinski definition) is 0. The Bertz CT molecular complexity index is 5730. The number of anilines is 15. The van der Waals surface area contributed by atoms with Crippen LogP contribution in [0.15, 0.2) is 370 Å². The Balaban J connectivity index is 0.847. The van der Waals surface area contributed by atoms with Crippen molar-refractivity contribution in [1.29, 1.82) is 0 Å². The van der Waals surface area contributed by atoms with Crippen molar-refractivity contribution in [3.8, 4) is 33.4 Å². The Labute approximate surface area is 577 Å². The molecule has 0 spiro atoms. The summed E-state index contributed by atoms with van der Waals surface area (Å²) in [6.45, 7) is -0.308. The van der Waals surface area contributed by atoms with Gasteiger partial charge in [-0.1, -0.05) is 255 Å². The summed E-state index contributed by atoms with van der Waals surface area (Å²) in [5, 5.41) is 4.97. The second-order valence-corrected chi connectivity index (χ2v) is 26.3.